The minimum atomic E-state index is -4.46. The van der Waals surface area contributed by atoms with Crippen molar-refractivity contribution in [2.75, 3.05) is 11.9 Å². The molecule has 0 radical (unpaired) electrons. The Bertz CT molecular complexity index is 752. The predicted molar refractivity (Wildman–Crippen MR) is 95.4 cm³/mol. The third-order valence-corrected chi connectivity index (χ3v) is 3.61. The maximum absolute atomic E-state index is 12.9. The molecule has 0 spiro atoms. The topological polar surface area (TPSA) is 38.3 Å². The molecule has 0 amide bonds. The van der Waals surface area contributed by atoms with Gasteiger partial charge in [0.1, 0.15) is 5.75 Å². The van der Waals surface area contributed by atoms with Gasteiger partial charge in [0, 0.05) is 17.8 Å². The number of halogens is 3. The largest absolute Gasteiger partial charge is 0.494 e. The number of benzene rings is 2. The van der Waals surface area contributed by atoms with Crippen molar-refractivity contribution in [1.29, 1.82) is 0 Å². The molecule has 0 saturated carbocycles. The van der Waals surface area contributed by atoms with E-state index in [4.69, 9.17) is 4.74 Å². The lowest BCUT2D eigenvalue weighted by molar-refractivity contribution is -0.136. The van der Waals surface area contributed by atoms with Crippen LogP contribution in [0.1, 0.15) is 35.7 Å². The highest BCUT2D eigenvalue weighted by atomic mass is 19.4. The van der Waals surface area contributed by atoms with Crippen molar-refractivity contribution in [2.24, 2.45) is 0 Å². The lowest BCUT2D eigenvalue weighted by atomic mass is 10.1. The van der Waals surface area contributed by atoms with Gasteiger partial charge in [-0.2, -0.15) is 13.2 Å². The second-order valence-electron chi connectivity index (χ2n) is 5.61. The quantitative estimate of drug-likeness (QED) is 0.372. The van der Waals surface area contributed by atoms with E-state index in [1.807, 2.05) is 0 Å². The average Bonchev–Trinajstić information content (AvgIpc) is 2.62. The van der Waals surface area contributed by atoms with Crippen molar-refractivity contribution in [3.05, 3.63) is 71.9 Å². The summed E-state index contributed by atoms with van der Waals surface area (Å²) < 4.78 is 44.2. The van der Waals surface area contributed by atoms with Crippen LogP contribution in [0.3, 0.4) is 0 Å². The molecule has 0 heterocycles. The molecule has 0 unspecified atom stereocenters. The van der Waals surface area contributed by atoms with Crippen molar-refractivity contribution in [1.82, 2.24) is 0 Å². The number of hydrogen-bond acceptors (Lipinski definition) is 3. The molecule has 138 valence electrons. The first-order valence-electron chi connectivity index (χ1n) is 8.28. The van der Waals surface area contributed by atoms with Crippen molar-refractivity contribution in [2.45, 2.75) is 25.9 Å². The van der Waals surface area contributed by atoms with E-state index in [1.165, 1.54) is 30.5 Å². The van der Waals surface area contributed by atoms with Crippen LogP contribution in [0.5, 0.6) is 5.75 Å². The molecule has 0 atom stereocenters. The predicted octanol–water partition coefficient (Wildman–Crippen LogP) is 5.69. The molecule has 0 fully saturated rings. The fourth-order valence-electron chi connectivity index (χ4n) is 2.21. The van der Waals surface area contributed by atoms with Crippen LogP contribution in [0.15, 0.2) is 60.8 Å². The van der Waals surface area contributed by atoms with E-state index < -0.39 is 11.7 Å². The fourth-order valence-corrected chi connectivity index (χ4v) is 2.21. The number of para-hydroxylation sites is 1. The SMILES string of the molecule is CCCCOc1ccc(C(=O)/C=C/Nc2ccccc2C(F)(F)F)cc1. The second-order valence-corrected chi connectivity index (χ2v) is 5.61. The zero-order valence-electron chi connectivity index (χ0n) is 14.3. The zero-order chi connectivity index (χ0) is 19.0. The Morgan fingerprint density at radius 2 is 1.81 bits per heavy atom. The van der Waals surface area contributed by atoms with E-state index in [0.717, 1.165) is 18.9 Å². The molecule has 0 bridgehead atoms. The molecule has 2 rings (SSSR count). The van der Waals surface area contributed by atoms with Gasteiger partial charge in [-0.15, -0.1) is 0 Å². The number of unbranched alkanes of at least 4 members (excludes halogenated alkanes) is 1. The van der Waals surface area contributed by atoms with E-state index in [-0.39, 0.29) is 11.5 Å². The number of nitrogens with one attached hydrogen (secondary N) is 1. The first-order valence-corrected chi connectivity index (χ1v) is 8.28. The second kappa shape index (κ2) is 9.08. The summed E-state index contributed by atoms with van der Waals surface area (Å²) in [7, 11) is 0. The van der Waals surface area contributed by atoms with Crippen molar-refractivity contribution in [3.63, 3.8) is 0 Å². The molecule has 3 nitrogen and oxygen atoms in total. The van der Waals surface area contributed by atoms with Gasteiger partial charge in [0.15, 0.2) is 5.78 Å². The van der Waals surface area contributed by atoms with Gasteiger partial charge in [-0.1, -0.05) is 25.5 Å². The molecule has 0 aliphatic carbocycles. The van der Waals surface area contributed by atoms with E-state index in [0.29, 0.717) is 17.9 Å². The summed E-state index contributed by atoms with van der Waals surface area (Å²) in [5.41, 5.74) is -0.468. The number of ketones is 1. The molecule has 0 aliphatic rings. The van der Waals surface area contributed by atoms with Gasteiger partial charge < -0.3 is 10.1 Å². The van der Waals surface area contributed by atoms with E-state index in [9.17, 15) is 18.0 Å². The Hall–Kier alpha value is -2.76. The fraction of sp³-hybridized carbons (Fsp3) is 0.250. The Morgan fingerprint density at radius 1 is 1.12 bits per heavy atom. The van der Waals surface area contributed by atoms with Crippen LogP contribution in [0.25, 0.3) is 0 Å². The number of hydrogen-bond donors (Lipinski definition) is 1. The maximum Gasteiger partial charge on any atom is 0.418 e. The maximum atomic E-state index is 12.9. The third kappa shape index (κ3) is 5.65. The summed E-state index contributed by atoms with van der Waals surface area (Å²) in [5.74, 6) is 0.360. The molecule has 1 N–H and O–H groups in total. The van der Waals surface area contributed by atoms with Gasteiger partial charge in [0.25, 0.3) is 0 Å². The molecule has 2 aromatic rings. The minimum Gasteiger partial charge on any atom is -0.494 e. The van der Waals surface area contributed by atoms with Crippen molar-refractivity contribution < 1.29 is 22.7 Å². The highest BCUT2D eigenvalue weighted by Gasteiger charge is 2.32. The first kappa shape index (κ1) is 19.6. The molecule has 2 aromatic carbocycles. The lowest BCUT2D eigenvalue weighted by Gasteiger charge is -2.11. The van der Waals surface area contributed by atoms with Gasteiger partial charge in [-0.25, -0.2) is 0 Å². The van der Waals surface area contributed by atoms with Crippen molar-refractivity contribution in [3.8, 4) is 5.75 Å². The lowest BCUT2D eigenvalue weighted by Crippen LogP contribution is -2.08. The molecule has 0 saturated heterocycles. The smallest absolute Gasteiger partial charge is 0.418 e. The monoisotopic (exact) mass is 363 g/mol. The third-order valence-electron chi connectivity index (χ3n) is 3.61. The molecule has 26 heavy (non-hydrogen) atoms. The summed E-state index contributed by atoms with van der Waals surface area (Å²) in [4.78, 5) is 12.1. The van der Waals surface area contributed by atoms with Gasteiger partial charge in [-0.3, -0.25) is 4.79 Å². The minimum absolute atomic E-state index is 0.108. The standard InChI is InChI=1S/C20H20F3NO2/c1-2-3-14-26-16-10-8-15(9-11-16)19(25)12-13-24-18-7-5-4-6-17(18)20(21,22)23/h4-13,24H,2-3,14H2,1H3/b13-12+. The molecule has 0 aliphatic heterocycles. The molecule has 0 aromatic heterocycles. The number of alkyl halides is 3. The van der Waals surface area contributed by atoms with E-state index in [2.05, 4.69) is 12.2 Å². The van der Waals surface area contributed by atoms with Gasteiger partial charge in [-0.05, 0) is 42.8 Å². The van der Waals surface area contributed by atoms with Crippen LogP contribution < -0.4 is 10.1 Å². The number of allylic oxidation sites excluding steroid dienone is 1. The van der Waals surface area contributed by atoms with E-state index >= 15 is 0 Å². The highest BCUT2D eigenvalue weighted by Crippen LogP contribution is 2.34. The van der Waals surface area contributed by atoms with Crippen LogP contribution >= 0.6 is 0 Å². The number of rotatable bonds is 8. The van der Waals surface area contributed by atoms with Gasteiger partial charge in [0.2, 0.25) is 0 Å². The normalized spacial score (nSPS) is 11.5. The zero-order valence-corrected chi connectivity index (χ0v) is 14.3. The van der Waals surface area contributed by atoms with Gasteiger partial charge in [0.05, 0.1) is 17.9 Å². The van der Waals surface area contributed by atoms with Crippen molar-refractivity contribution >= 4 is 11.5 Å². The van der Waals surface area contributed by atoms with Gasteiger partial charge >= 0.3 is 6.18 Å². The van der Waals surface area contributed by atoms with E-state index in [1.54, 1.807) is 24.3 Å². The Labute approximate surface area is 150 Å². The Balaban J connectivity index is 1.98. The Morgan fingerprint density at radius 3 is 2.46 bits per heavy atom. The number of anilines is 1. The number of ether oxygens (including phenoxy) is 1. The summed E-state index contributed by atoms with van der Waals surface area (Å²) in [6, 6.07) is 11.7. The number of carbonyl (C=O) groups excluding carboxylic acids is 1. The van der Waals surface area contributed by atoms with Crippen LogP contribution in [0.2, 0.25) is 0 Å². The molecular formula is C20H20F3NO2. The summed E-state index contributed by atoms with van der Waals surface area (Å²) in [6.45, 7) is 2.69. The van der Waals surface area contributed by atoms with Crippen LogP contribution in [0, 0.1) is 0 Å². The highest BCUT2D eigenvalue weighted by molar-refractivity contribution is 6.04. The molecule has 6 heteroatoms. The first-order chi connectivity index (χ1) is 12.4. The van der Waals surface area contributed by atoms with Crippen LogP contribution in [0.4, 0.5) is 18.9 Å². The summed E-state index contributed by atoms with van der Waals surface area (Å²) in [6.07, 6.45) is -0.0754. The molecular weight excluding hydrogens is 343 g/mol. The Kier molecular flexibility index (Phi) is 6.83. The average molecular weight is 363 g/mol. The number of carbonyl (C=O) groups is 1. The van der Waals surface area contributed by atoms with Crippen LogP contribution in [-0.2, 0) is 6.18 Å². The summed E-state index contributed by atoms with van der Waals surface area (Å²) in [5, 5.41) is 2.52. The summed E-state index contributed by atoms with van der Waals surface area (Å²) >= 11 is 0. The van der Waals surface area contributed by atoms with Crippen LogP contribution in [-0.4, -0.2) is 12.4 Å².